The summed E-state index contributed by atoms with van der Waals surface area (Å²) in [4.78, 5) is 17.9. The van der Waals surface area contributed by atoms with Gasteiger partial charge in [0.2, 0.25) is 0 Å². The molecule has 0 saturated carbocycles. The quantitative estimate of drug-likeness (QED) is 0.769. The van der Waals surface area contributed by atoms with E-state index < -0.39 is 0 Å². The van der Waals surface area contributed by atoms with Gasteiger partial charge in [-0.05, 0) is 6.07 Å². The maximum Gasteiger partial charge on any atom is 0.257 e. The van der Waals surface area contributed by atoms with Crippen molar-refractivity contribution in [2.75, 3.05) is 6.54 Å². The first-order valence-corrected chi connectivity index (χ1v) is 5.89. The first kappa shape index (κ1) is 11.2. The van der Waals surface area contributed by atoms with Crippen molar-refractivity contribution in [2.45, 2.75) is 13.1 Å². The Morgan fingerprint density at radius 3 is 3.11 bits per heavy atom. The van der Waals surface area contributed by atoms with E-state index in [2.05, 4.69) is 15.2 Å². The summed E-state index contributed by atoms with van der Waals surface area (Å²) in [7, 11) is 0. The van der Waals surface area contributed by atoms with Crippen LogP contribution in [0.4, 0.5) is 0 Å². The van der Waals surface area contributed by atoms with E-state index in [0.717, 1.165) is 5.82 Å². The van der Waals surface area contributed by atoms with Crippen molar-refractivity contribution >= 4 is 17.5 Å². The van der Waals surface area contributed by atoms with E-state index in [9.17, 15) is 4.79 Å². The molecular formula is C11H10ClN5O. The molecule has 1 aliphatic rings. The third-order valence-corrected chi connectivity index (χ3v) is 3.25. The van der Waals surface area contributed by atoms with Gasteiger partial charge in [0.05, 0.1) is 17.1 Å². The van der Waals surface area contributed by atoms with Crippen LogP contribution in [-0.2, 0) is 13.1 Å². The lowest BCUT2D eigenvalue weighted by Gasteiger charge is -2.27. The van der Waals surface area contributed by atoms with Crippen molar-refractivity contribution in [1.29, 1.82) is 0 Å². The molecule has 0 N–H and O–H groups in total. The Hall–Kier alpha value is -1.95. The predicted octanol–water partition coefficient (Wildman–Crippen LogP) is 0.982. The normalized spacial score (nSPS) is 14.4. The number of carbonyl (C=O) groups excluding carboxylic acids is 1. The second kappa shape index (κ2) is 4.38. The number of fused-ring (bicyclic) bond motifs is 1. The van der Waals surface area contributed by atoms with E-state index in [1.165, 1.54) is 6.20 Å². The lowest BCUT2D eigenvalue weighted by molar-refractivity contribution is 0.0707. The molecule has 6 nitrogen and oxygen atoms in total. The molecule has 0 atom stereocenters. The van der Waals surface area contributed by atoms with Gasteiger partial charge in [-0.25, -0.2) is 0 Å². The van der Waals surface area contributed by atoms with Crippen molar-refractivity contribution in [3.8, 4) is 0 Å². The molecule has 2 aromatic heterocycles. The molecule has 18 heavy (non-hydrogen) atoms. The summed E-state index contributed by atoms with van der Waals surface area (Å²) in [5.41, 5.74) is 0.423. The summed E-state index contributed by atoms with van der Waals surface area (Å²) in [6.45, 7) is 1.77. The van der Waals surface area contributed by atoms with Crippen LogP contribution in [-0.4, -0.2) is 37.1 Å². The van der Waals surface area contributed by atoms with Gasteiger partial charge in [0.1, 0.15) is 6.33 Å². The van der Waals surface area contributed by atoms with Crippen LogP contribution in [0.25, 0.3) is 0 Å². The number of pyridine rings is 1. The van der Waals surface area contributed by atoms with Crippen LogP contribution in [0.5, 0.6) is 0 Å². The van der Waals surface area contributed by atoms with Gasteiger partial charge in [0.25, 0.3) is 5.91 Å². The van der Waals surface area contributed by atoms with Crippen LogP contribution >= 0.6 is 11.6 Å². The van der Waals surface area contributed by atoms with E-state index in [1.807, 2.05) is 4.57 Å². The third kappa shape index (κ3) is 1.84. The summed E-state index contributed by atoms with van der Waals surface area (Å²) in [6, 6.07) is 1.61. The second-order valence-corrected chi connectivity index (χ2v) is 4.43. The number of halogens is 1. The van der Waals surface area contributed by atoms with Crippen LogP contribution in [0.1, 0.15) is 16.2 Å². The molecule has 3 rings (SSSR count). The topological polar surface area (TPSA) is 63.9 Å². The molecule has 0 bridgehead atoms. The molecule has 0 radical (unpaired) electrons. The SMILES string of the molecule is O=C(c1cnccc1Cl)N1CCn2cnnc2C1. The van der Waals surface area contributed by atoms with Crippen molar-refractivity contribution in [1.82, 2.24) is 24.6 Å². The maximum absolute atomic E-state index is 12.3. The summed E-state index contributed by atoms with van der Waals surface area (Å²) in [5.74, 6) is 0.664. The molecule has 2 aromatic rings. The predicted molar refractivity (Wildman–Crippen MR) is 64.0 cm³/mol. The minimum atomic E-state index is -0.123. The lowest BCUT2D eigenvalue weighted by atomic mass is 10.2. The van der Waals surface area contributed by atoms with Gasteiger partial charge in [-0.2, -0.15) is 0 Å². The van der Waals surface area contributed by atoms with E-state index in [1.54, 1.807) is 23.5 Å². The van der Waals surface area contributed by atoms with Gasteiger partial charge in [0, 0.05) is 25.5 Å². The average molecular weight is 264 g/mol. The van der Waals surface area contributed by atoms with Crippen LogP contribution in [0.15, 0.2) is 24.8 Å². The number of aromatic nitrogens is 4. The number of amides is 1. The summed E-state index contributed by atoms with van der Waals surface area (Å²) in [5, 5.41) is 8.22. The maximum atomic E-state index is 12.3. The molecule has 0 fully saturated rings. The molecule has 0 unspecified atom stereocenters. The summed E-state index contributed by atoms with van der Waals surface area (Å²) in [6.07, 6.45) is 4.73. The number of rotatable bonds is 1. The molecular weight excluding hydrogens is 254 g/mol. The fraction of sp³-hybridized carbons (Fsp3) is 0.273. The molecule has 0 aliphatic carbocycles. The van der Waals surface area contributed by atoms with Gasteiger partial charge in [0.15, 0.2) is 5.82 Å². The van der Waals surface area contributed by atoms with E-state index in [4.69, 9.17) is 11.6 Å². The van der Waals surface area contributed by atoms with E-state index in [0.29, 0.717) is 30.2 Å². The fourth-order valence-electron chi connectivity index (χ4n) is 1.94. The zero-order valence-corrected chi connectivity index (χ0v) is 10.2. The summed E-state index contributed by atoms with van der Waals surface area (Å²) >= 11 is 6.00. The average Bonchev–Trinajstić information content (AvgIpc) is 2.85. The van der Waals surface area contributed by atoms with Crippen molar-refractivity contribution in [3.63, 3.8) is 0 Å². The van der Waals surface area contributed by atoms with Gasteiger partial charge >= 0.3 is 0 Å². The van der Waals surface area contributed by atoms with Crippen LogP contribution in [0.3, 0.4) is 0 Å². The molecule has 0 spiro atoms. The first-order chi connectivity index (χ1) is 8.75. The van der Waals surface area contributed by atoms with Gasteiger partial charge in [-0.15, -0.1) is 10.2 Å². The number of hydrogen-bond donors (Lipinski definition) is 0. The van der Waals surface area contributed by atoms with Crippen molar-refractivity contribution < 1.29 is 4.79 Å². The fourth-order valence-corrected chi connectivity index (χ4v) is 2.13. The number of hydrogen-bond acceptors (Lipinski definition) is 4. The molecule has 7 heteroatoms. The highest BCUT2D eigenvalue weighted by atomic mass is 35.5. The van der Waals surface area contributed by atoms with Gasteiger partial charge in [-0.1, -0.05) is 11.6 Å². The molecule has 1 aliphatic heterocycles. The minimum absolute atomic E-state index is 0.123. The Labute approximate surface area is 108 Å². The number of carbonyl (C=O) groups is 1. The zero-order chi connectivity index (χ0) is 12.5. The summed E-state index contributed by atoms with van der Waals surface area (Å²) < 4.78 is 1.94. The van der Waals surface area contributed by atoms with Crippen molar-refractivity contribution in [3.05, 3.63) is 41.2 Å². The molecule has 0 aromatic carbocycles. The molecule has 3 heterocycles. The highest BCUT2D eigenvalue weighted by molar-refractivity contribution is 6.33. The third-order valence-electron chi connectivity index (χ3n) is 2.92. The zero-order valence-electron chi connectivity index (χ0n) is 9.45. The smallest absolute Gasteiger partial charge is 0.257 e. The minimum Gasteiger partial charge on any atom is -0.329 e. The van der Waals surface area contributed by atoms with Crippen LogP contribution in [0.2, 0.25) is 5.02 Å². The second-order valence-electron chi connectivity index (χ2n) is 4.02. The molecule has 1 amide bonds. The van der Waals surface area contributed by atoms with Gasteiger partial charge < -0.3 is 9.47 Å². The van der Waals surface area contributed by atoms with Crippen LogP contribution in [0, 0.1) is 0 Å². The van der Waals surface area contributed by atoms with Crippen molar-refractivity contribution in [2.24, 2.45) is 0 Å². The molecule has 92 valence electrons. The highest BCUT2D eigenvalue weighted by Crippen LogP contribution is 2.18. The molecule has 0 saturated heterocycles. The Kier molecular flexibility index (Phi) is 2.71. The Morgan fingerprint density at radius 1 is 1.39 bits per heavy atom. The van der Waals surface area contributed by atoms with E-state index in [-0.39, 0.29) is 5.91 Å². The standard InChI is InChI=1S/C11H10ClN5O/c12-9-1-2-13-5-8(9)11(18)16-3-4-17-7-14-15-10(17)6-16/h1-2,5,7H,3-4,6H2. The van der Waals surface area contributed by atoms with E-state index >= 15 is 0 Å². The monoisotopic (exact) mass is 263 g/mol. The van der Waals surface area contributed by atoms with Gasteiger partial charge in [-0.3, -0.25) is 9.78 Å². The van der Waals surface area contributed by atoms with Crippen LogP contribution < -0.4 is 0 Å². The Balaban J connectivity index is 1.85. The Bertz CT molecular complexity index is 597. The lowest BCUT2D eigenvalue weighted by Crippen LogP contribution is -2.38. The largest absolute Gasteiger partial charge is 0.329 e. The highest BCUT2D eigenvalue weighted by Gasteiger charge is 2.24. The number of nitrogens with zero attached hydrogens (tertiary/aromatic N) is 5. The first-order valence-electron chi connectivity index (χ1n) is 5.51. The Morgan fingerprint density at radius 2 is 2.28 bits per heavy atom.